The van der Waals surface area contributed by atoms with Gasteiger partial charge in [-0.3, -0.25) is 4.79 Å². The molecule has 0 bridgehead atoms. The van der Waals surface area contributed by atoms with Crippen LogP contribution in [0.4, 0.5) is 0 Å². The van der Waals surface area contributed by atoms with E-state index < -0.39 is 6.04 Å². The molecule has 0 aromatic heterocycles. The Balaban J connectivity index is 1.86. The molecule has 1 N–H and O–H groups in total. The predicted octanol–water partition coefficient (Wildman–Crippen LogP) is 0.0513. The first-order valence-corrected chi connectivity index (χ1v) is 6.04. The van der Waals surface area contributed by atoms with Gasteiger partial charge in [0.05, 0.1) is 30.6 Å². The maximum Gasteiger partial charge on any atom is 0.294 e. The Kier molecular flexibility index (Phi) is 3.73. The predicted molar refractivity (Wildman–Crippen MR) is 59.4 cm³/mol. The third-order valence-corrected chi connectivity index (χ3v) is 2.95. The summed E-state index contributed by atoms with van der Waals surface area (Å²) >= 11 is 0. The summed E-state index contributed by atoms with van der Waals surface area (Å²) in [6.07, 6.45) is 0.663. The SMILES string of the molecule is CC(C)C(=O)C(CC1CO1)[N+](=O)NCC1CO1. The molecule has 17 heavy (non-hydrogen) atoms. The van der Waals surface area contributed by atoms with E-state index in [1.54, 1.807) is 13.8 Å². The highest BCUT2D eigenvalue weighted by atomic mass is 16.6. The van der Waals surface area contributed by atoms with Crippen LogP contribution in [0.5, 0.6) is 0 Å². The Morgan fingerprint density at radius 1 is 1.35 bits per heavy atom. The molecule has 2 aliphatic rings. The largest absolute Gasteiger partial charge is 0.373 e. The van der Waals surface area contributed by atoms with Crippen molar-refractivity contribution in [2.45, 2.75) is 38.5 Å². The van der Waals surface area contributed by atoms with Gasteiger partial charge in [0.15, 0.2) is 0 Å². The Morgan fingerprint density at radius 2 is 1.94 bits per heavy atom. The van der Waals surface area contributed by atoms with Crippen LogP contribution in [-0.4, -0.2) is 48.7 Å². The minimum absolute atomic E-state index is 0.0419. The van der Waals surface area contributed by atoms with Crippen LogP contribution in [0.15, 0.2) is 0 Å². The van der Waals surface area contributed by atoms with Gasteiger partial charge in [-0.1, -0.05) is 13.8 Å². The number of ether oxygens (including phenoxy) is 2. The molecule has 3 unspecified atom stereocenters. The van der Waals surface area contributed by atoms with Crippen LogP contribution in [0.25, 0.3) is 0 Å². The first-order valence-electron chi connectivity index (χ1n) is 6.04. The lowest BCUT2D eigenvalue weighted by atomic mass is 9.98. The Bertz CT molecular complexity index is 311. The quantitative estimate of drug-likeness (QED) is 0.370. The lowest BCUT2D eigenvalue weighted by Gasteiger charge is -2.09. The molecule has 0 aliphatic carbocycles. The molecule has 0 aromatic rings. The maximum absolute atomic E-state index is 11.9. The van der Waals surface area contributed by atoms with Crippen molar-refractivity contribution in [1.82, 2.24) is 5.43 Å². The molecule has 2 aliphatic heterocycles. The van der Waals surface area contributed by atoms with E-state index in [1.165, 1.54) is 0 Å². The molecule has 0 amide bonds. The van der Waals surface area contributed by atoms with Gasteiger partial charge in [-0.05, 0) is 0 Å². The molecule has 96 valence electrons. The average molecular weight is 243 g/mol. The van der Waals surface area contributed by atoms with Gasteiger partial charge in [0.2, 0.25) is 5.78 Å². The number of nitrogens with one attached hydrogen (secondary N) is 1. The third kappa shape index (κ3) is 3.74. The van der Waals surface area contributed by atoms with Crippen molar-refractivity contribution in [3.63, 3.8) is 0 Å². The van der Waals surface area contributed by atoms with E-state index in [9.17, 15) is 9.70 Å². The summed E-state index contributed by atoms with van der Waals surface area (Å²) < 4.78 is 10.1. The Hall–Kier alpha value is -1.01. The van der Waals surface area contributed by atoms with E-state index in [0.29, 0.717) is 31.0 Å². The minimum Gasteiger partial charge on any atom is -0.373 e. The van der Waals surface area contributed by atoms with E-state index >= 15 is 0 Å². The van der Waals surface area contributed by atoms with Gasteiger partial charge in [0.25, 0.3) is 6.04 Å². The highest BCUT2D eigenvalue weighted by Gasteiger charge is 2.42. The van der Waals surface area contributed by atoms with Crippen molar-refractivity contribution in [3.05, 3.63) is 4.91 Å². The van der Waals surface area contributed by atoms with Gasteiger partial charge in [-0.2, -0.15) is 0 Å². The highest BCUT2D eigenvalue weighted by molar-refractivity contribution is 5.84. The van der Waals surface area contributed by atoms with Crippen LogP contribution in [0.1, 0.15) is 20.3 Å². The summed E-state index contributed by atoms with van der Waals surface area (Å²) in [7, 11) is 0. The summed E-state index contributed by atoms with van der Waals surface area (Å²) in [5.74, 6) is -0.186. The summed E-state index contributed by atoms with van der Waals surface area (Å²) in [6.45, 7) is 5.43. The van der Waals surface area contributed by atoms with E-state index in [4.69, 9.17) is 9.47 Å². The number of rotatable bonds is 8. The van der Waals surface area contributed by atoms with Gasteiger partial charge < -0.3 is 9.47 Å². The molecule has 3 atom stereocenters. The van der Waals surface area contributed by atoms with Crippen LogP contribution in [-0.2, 0) is 14.3 Å². The molecule has 2 fully saturated rings. The molecule has 0 radical (unpaired) electrons. The normalized spacial score (nSPS) is 27.7. The maximum atomic E-state index is 11.9. The number of carbonyl (C=O) groups is 1. The molecule has 2 saturated heterocycles. The second-order valence-electron chi connectivity index (χ2n) is 4.91. The zero-order chi connectivity index (χ0) is 12.4. The fourth-order valence-electron chi connectivity index (χ4n) is 1.65. The molecular formula is C11H19N2O4+. The summed E-state index contributed by atoms with van der Waals surface area (Å²) in [5, 5.41) is 0. The van der Waals surface area contributed by atoms with Crippen molar-refractivity contribution in [2.75, 3.05) is 19.8 Å². The zero-order valence-corrected chi connectivity index (χ0v) is 10.2. The highest BCUT2D eigenvalue weighted by Crippen LogP contribution is 2.19. The molecule has 6 heteroatoms. The summed E-state index contributed by atoms with van der Waals surface area (Å²) in [6, 6.07) is -0.652. The smallest absolute Gasteiger partial charge is 0.294 e. The zero-order valence-electron chi connectivity index (χ0n) is 10.2. The lowest BCUT2D eigenvalue weighted by Crippen LogP contribution is -2.44. The first kappa shape index (κ1) is 12.4. The van der Waals surface area contributed by atoms with E-state index in [0.717, 1.165) is 0 Å². The number of hydrogen-bond acceptors (Lipinski definition) is 4. The molecule has 0 spiro atoms. The molecule has 6 nitrogen and oxygen atoms in total. The van der Waals surface area contributed by atoms with Crippen LogP contribution < -0.4 is 5.43 Å². The summed E-state index contributed by atoms with van der Waals surface area (Å²) in [5.41, 5.74) is 2.69. The fourth-order valence-corrected chi connectivity index (χ4v) is 1.65. The molecule has 2 heterocycles. The second-order valence-corrected chi connectivity index (χ2v) is 4.91. The molecule has 0 saturated carbocycles. The van der Waals surface area contributed by atoms with Crippen molar-refractivity contribution in [1.29, 1.82) is 0 Å². The number of hydrazine groups is 1. The Labute approximate surface area is 100 Å². The minimum atomic E-state index is -0.652. The van der Waals surface area contributed by atoms with E-state index in [-0.39, 0.29) is 23.9 Å². The number of hydrogen-bond donors (Lipinski definition) is 1. The molecule has 0 aromatic carbocycles. The fraction of sp³-hybridized carbons (Fsp3) is 0.909. The van der Waals surface area contributed by atoms with Crippen LogP contribution in [0.2, 0.25) is 0 Å². The molecule has 2 rings (SSSR count). The summed E-state index contributed by atoms with van der Waals surface area (Å²) in [4.78, 5) is 24.5. The van der Waals surface area contributed by atoms with Crippen LogP contribution >= 0.6 is 0 Å². The van der Waals surface area contributed by atoms with Gasteiger partial charge in [0.1, 0.15) is 17.5 Å². The lowest BCUT2D eigenvalue weighted by molar-refractivity contribution is -0.629. The van der Waals surface area contributed by atoms with E-state index in [1.807, 2.05) is 0 Å². The monoisotopic (exact) mass is 243 g/mol. The number of ketones is 1. The Morgan fingerprint density at radius 3 is 2.41 bits per heavy atom. The second kappa shape index (κ2) is 5.10. The number of Topliss-reactive ketones (excluding diaryl/α,β-unsaturated/α-hetero) is 1. The standard InChI is InChI=1S/C11H19N2O4/c1-7(2)11(14)10(3-8-5-16-8)13(15)12-4-9-6-17-9/h7-10H,3-6H2,1-2H3,(H,12,15)/q+1. The number of carbonyl (C=O) groups excluding carboxylic acids is 1. The third-order valence-electron chi connectivity index (χ3n) is 2.95. The van der Waals surface area contributed by atoms with Crippen molar-refractivity contribution < 1.29 is 19.1 Å². The topological polar surface area (TPSA) is 74.2 Å². The number of nitroso groups, excluding NO2 is 1. The van der Waals surface area contributed by atoms with Crippen LogP contribution in [0, 0.1) is 10.8 Å². The molecular weight excluding hydrogens is 224 g/mol. The van der Waals surface area contributed by atoms with Crippen molar-refractivity contribution in [2.24, 2.45) is 5.92 Å². The van der Waals surface area contributed by atoms with Gasteiger partial charge in [-0.15, -0.1) is 5.43 Å². The van der Waals surface area contributed by atoms with E-state index in [2.05, 4.69) is 5.43 Å². The van der Waals surface area contributed by atoms with Crippen LogP contribution in [0.3, 0.4) is 0 Å². The van der Waals surface area contributed by atoms with Crippen molar-refractivity contribution >= 4 is 5.78 Å². The van der Waals surface area contributed by atoms with Gasteiger partial charge >= 0.3 is 0 Å². The van der Waals surface area contributed by atoms with Crippen molar-refractivity contribution in [3.8, 4) is 0 Å². The van der Waals surface area contributed by atoms with Gasteiger partial charge in [-0.25, -0.2) is 0 Å². The number of epoxide rings is 2. The average Bonchev–Trinajstić information content (AvgIpc) is 3.15. The number of nitrogens with zero attached hydrogens (tertiary/aromatic N) is 1. The first-order chi connectivity index (χ1) is 8.08. The van der Waals surface area contributed by atoms with Gasteiger partial charge in [0, 0.05) is 5.92 Å².